The van der Waals surface area contributed by atoms with Crippen molar-refractivity contribution >= 4 is 5.69 Å². The number of anilines is 1. The lowest BCUT2D eigenvalue weighted by molar-refractivity contribution is 0.325. The number of nitrogens with zero attached hydrogens (tertiary/aromatic N) is 3. The second kappa shape index (κ2) is 5.08. The smallest absolute Gasteiger partial charge is 0.0755 e. The number of aromatic nitrogens is 2. The second-order valence-electron chi connectivity index (χ2n) is 5.35. The maximum Gasteiger partial charge on any atom is 0.0755 e. The van der Waals surface area contributed by atoms with Crippen molar-refractivity contribution in [3.05, 3.63) is 12.4 Å². The zero-order chi connectivity index (χ0) is 12.4. The second-order valence-corrected chi connectivity index (χ2v) is 5.35. The number of hydrogen-bond acceptors (Lipinski definition) is 3. The number of nitrogens with one attached hydrogen (secondary N) is 1. The highest BCUT2D eigenvalue weighted by Gasteiger charge is 2.28. The lowest BCUT2D eigenvalue weighted by atomic mass is 9.98. The van der Waals surface area contributed by atoms with Crippen molar-refractivity contribution in [2.24, 2.45) is 13.0 Å². The molecule has 2 unspecified atom stereocenters. The van der Waals surface area contributed by atoms with Crippen LogP contribution in [0, 0.1) is 5.92 Å². The van der Waals surface area contributed by atoms with Crippen molar-refractivity contribution in [1.82, 2.24) is 15.1 Å². The molecule has 17 heavy (non-hydrogen) atoms. The van der Waals surface area contributed by atoms with E-state index in [0.29, 0.717) is 18.0 Å². The zero-order valence-corrected chi connectivity index (χ0v) is 11.3. The molecular formula is C13H24N4. The molecule has 0 bridgehead atoms. The average Bonchev–Trinajstić information content (AvgIpc) is 2.74. The summed E-state index contributed by atoms with van der Waals surface area (Å²) in [5.74, 6) is 0.673. The summed E-state index contributed by atoms with van der Waals surface area (Å²) >= 11 is 0. The van der Waals surface area contributed by atoms with Gasteiger partial charge in [0.25, 0.3) is 0 Å². The molecule has 0 spiro atoms. The van der Waals surface area contributed by atoms with Crippen LogP contribution in [0.2, 0.25) is 0 Å². The first-order valence-corrected chi connectivity index (χ1v) is 6.60. The van der Waals surface area contributed by atoms with Crippen molar-refractivity contribution in [1.29, 1.82) is 0 Å². The Morgan fingerprint density at radius 3 is 2.82 bits per heavy atom. The third-order valence-corrected chi connectivity index (χ3v) is 3.75. The Balaban J connectivity index is 2.15. The normalized spacial score (nSPS) is 25.6. The average molecular weight is 236 g/mol. The number of aryl methyl sites for hydroxylation is 1. The fourth-order valence-electron chi connectivity index (χ4n) is 2.51. The zero-order valence-electron chi connectivity index (χ0n) is 11.3. The van der Waals surface area contributed by atoms with Crippen LogP contribution < -0.4 is 10.2 Å². The highest BCUT2D eigenvalue weighted by molar-refractivity contribution is 5.44. The molecule has 1 saturated heterocycles. The van der Waals surface area contributed by atoms with Gasteiger partial charge in [0.15, 0.2) is 0 Å². The third kappa shape index (κ3) is 2.63. The maximum atomic E-state index is 4.29. The van der Waals surface area contributed by atoms with Crippen LogP contribution in [0.15, 0.2) is 12.4 Å². The molecule has 4 nitrogen and oxygen atoms in total. The summed E-state index contributed by atoms with van der Waals surface area (Å²) < 4.78 is 1.88. The third-order valence-electron chi connectivity index (χ3n) is 3.75. The summed E-state index contributed by atoms with van der Waals surface area (Å²) in [6.45, 7) is 8.98. The first-order valence-electron chi connectivity index (χ1n) is 6.60. The van der Waals surface area contributed by atoms with Gasteiger partial charge in [-0.05, 0) is 12.3 Å². The van der Waals surface area contributed by atoms with Gasteiger partial charge in [0.2, 0.25) is 0 Å². The van der Waals surface area contributed by atoms with Gasteiger partial charge in [-0.2, -0.15) is 5.10 Å². The molecule has 2 heterocycles. The van der Waals surface area contributed by atoms with E-state index in [1.807, 2.05) is 17.9 Å². The molecule has 0 saturated carbocycles. The van der Waals surface area contributed by atoms with E-state index in [4.69, 9.17) is 0 Å². The van der Waals surface area contributed by atoms with E-state index >= 15 is 0 Å². The Morgan fingerprint density at radius 1 is 1.53 bits per heavy atom. The highest BCUT2D eigenvalue weighted by atomic mass is 15.3. The van der Waals surface area contributed by atoms with Crippen LogP contribution in [0.3, 0.4) is 0 Å². The van der Waals surface area contributed by atoms with Crippen molar-refractivity contribution in [2.45, 2.75) is 39.3 Å². The monoisotopic (exact) mass is 236 g/mol. The molecule has 1 aliphatic heterocycles. The summed E-state index contributed by atoms with van der Waals surface area (Å²) in [6.07, 6.45) is 5.27. The van der Waals surface area contributed by atoms with Gasteiger partial charge in [-0.3, -0.25) is 4.68 Å². The minimum atomic E-state index is 0.581. The lowest BCUT2D eigenvalue weighted by Crippen LogP contribution is -2.58. The Bertz CT molecular complexity index is 358. The molecule has 1 aromatic rings. The Labute approximate surface area is 104 Å². The van der Waals surface area contributed by atoms with Gasteiger partial charge < -0.3 is 10.2 Å². The fourth-order valence-corrected chi connectivity index (χ4v) is 2.51. The first-order chi connectivity index (χ1) is 8.11. The van der Waals surface area contributed by atoms with E-state index in [0.717, 1.165) is 13.1 Å². The van der Waals surface area contributed by atoms with E-state index < -0.39 is 0 Å². The van der Waals surface area contributed by atoms with Crippen LogP contribution in [0.5, 0.6) is 0 Å². The van der Waals surface area contributed by atoms with Gasteiger partial charge in [0, 0.05) is 38.4 Å². The number of rotatable bonds is 3. The van der Waals surface area contributed by atoms with Crippen LogP contribution >= 0.6 is 0 Å². The molecular weight excluding hydrogens is 212 g/mol. The van der Waals surface area contributed by atoms with Gasteiger partial charge in [-0.15, -0.1) is 0 Å². The molecule has 0 aliphatic carbocycles. The van der Waals surface area contributed by atoms with E-state index in [-0.39, 0.29) is 0 Å². The largest absolute Gasteiger partial charge is 0.363 e. The highest BCUT2D eigenvalue weighted by Crippen LogP contribution is 2.22. The summed E-state index contributed by atoms with van der Waals surface area (Å²) in [7, 11) is 1.98. The molecule has 0 radical (unpaired) electrons. The van der Waals surface area contributed by atoms with Gasteiger partial charge in [-0.1, -0.05) is 20.8 Å². The van der Waals surface area contributed by atoms with E-state index in [1.165, 1.54) is 12.1 Å². The van der Waals surface area contributed by atoms with Gasteiger partial charge in [0.05, 0.1) is 11.9 Å². The molecule has 1 N–H and O–H groups in total. The van der Waals surface area contributed by atoms with Crippen LogP contribution in [0.1, 0.15) is 27.2 Å². The van der Waals surface area contributed by atoms with Crippen LogP contribution in [0.25, 0.3) is 0 Å². The van der Waals surface area contributed by atoms with Crippen molar-refractivity contribution < 1.29 is 0 Å². The Kier molecular flexibility index (Phi) is 3.72. The SMILES string of the molecule is CCC1CNC(C(C)C)CN1c1cnn(C)c1. The van der Waals surface area contributed by atoms with E-state index in [2.05, 4.69) is 42.3 Å². The summed E-state index contributed by atoms with van der Waals surface area (Å²) in [5, 5.41) is 7.94. The van der Waals surface area contributed by atoms with Crippen molar-refractivity contribution in [2.75, 3.05) is 18.0 Å². The minimum absolute atomic E-state index is 0.581. The van der Waals surface area contributed by atoms with Crippen LogP contribution in [0.4, 0.5) is 5.69 Å². The Hall–Kier alpha value is -1.03. The number of piperazine rings is 1. The summed E-state index contributed by atoms with van der Waals surface area (Å²) in [4.78, 5) is 2.51. The van der Waals surface area contributed by atoms with Gasteiger partial charge in [0.1, 0.15) is 0 Å². The topological polar surface area (TPSA) is 33.1 Å². The fraction of sp³-hybridized carbons (Fsp3) is 0.769. The Morgan fingerprint density at radius 2 is 2.29 bits per heavy atom. The molecule has 0 aromatic carbocycles. The molecule has 1 aliphatic rings. The molecule has 96 valence electrons. The molecule has 1 fully saturated rings. The molecule has 1 aromatic heterocycles. The molecule has 0 amide bonds. The number of hydrogen-bond donors (Lipinski definition) is 1. The quantitative estimate of drug-likeness (QED) is 0.866. The molecule has 2 rings (SSSR count). The maximum absolute atomic E-state index is 4.29. The summed E-state index contributed by atoms with van der Waals surface area (Å²) in [6, 6.07) is 1.17. The van der Waals surface area contributed by atoms with Gasteiger partial charge in [-0.25, -0.2) is 0 Å². The van der Waals surface area contributed by atoms with E-state index in [1.54, 1.807) is 0 Å². The first kappa shape index (κ1) is 12.4. The lowest BCUT2D eigenvalue weighted by Gasteiger charge is -2.42. The van der Waals surface area contributed by atoms with Gasteiger partial charge >= 0.3 is 0 Å². The minimum Gasteiger partial charge on any atom is -0.363 e. The van der Waals surface area contributed by atoms with Crippen LogP contribution in [-0.2, 0) is 7.05 Å². The predicted molar refractivity (Wildman–Crippen MR) is 71.3 cm³/mol. The predicted octanol–water partition coefficient (Wildman–Crippen LogP) is 1.63. The molecule has 4 heteroatoms. The van der Waals surface area contributed by atoms with Crippen LogP contribution in [-0.4, -0.2) is 35.0 Å². The molecule has 2 atom stereocenters. The van der Waals surface area contributed by atoms with Crippen molar-refractivity contribution in [3.63, 3.8) is 0 Å². The van der Waals surface area contributed by atoms with Crippen molar-refractivity contribution in [3.8, 4) is 0 Å². The van der Waals surface area contributed by atoms with E-state index in [9.17, 15) is 0 Å². The summed E-state index contributed by atoms with van der Waals surface area (Å²) in [5.41, 5.74) is 1.26. The standard InChI is InChI=1S/C13H24N4/c1-5-11-6-14-13(10(2)3)9-17(11)12-7-15-16(4)8-12/h7-8,10-11,13-14H,5-6,9H2,1-4H3.